The molecular formula is C28H35N3O5. The highest BCUT2D eigenvalue weighted by Crippen LogP contribution is 2.25. The van der Waals surface area contributed by atoms with Crippen molar-refractivity contribution < 1.29 is 24.2 Å². The molecule has 3 amide bonds. The molecule has 36 heavy (non-hydrogen) atoms. The van der Waals surface area contributed by atoms with Gasteiger partial charge in [0, 0.05) is 18.0 Å². The maximum absolute atomic E-state index is 13.8. The number of nitrogens with one attached hydrogen (secondary N) is 2. The van der Waals surface area contributed by atoms with Gasteiger partial charge in [0.15, 0.2) is 0 Å². The monoisotopic (exact) mass is 493 g/mol. The van der Waals surface area contributed by atoms with Crippen LogP contribution in [0.25, 0.3) is 0 Å². The number of phenols is 1. The summed E-state index contributed by atoms with van der Waals surface area (Å²) in [4.78, 5) is 40.8. The third-order valence-corrected chi connectivity index (χ3v) is 4.86. The van der Waals surface area contributed by atoms with Crippen molar-refractivity contribution >= 4 is 17.9 Å². The summed E-state index contributed by atoms with van der Waals surface area (Å²) in [5, 5.41) is 15.2. The molecule has 0 saturated carbocycles. The molecule has 0 heterocycles. The predicted octanol–water partition coefficient (Wildman–Crippen LogP) is 3.90. The van der Waals surface area contributed by atoms with E-state index >= 15 is 0 Å². The summed E-state index contributed by atoms with van der Waals surface area (Å²) in [5.74, 6) is -1.16. The van der Waals surface area contributed by atoms with Gasteiger partial charge in [-0.25, -0.2) is 4.79 Å². The highest BCUT2D eigenvalue weighted by molar-refractivity contribution is 5.93. The van der Waals surface area contributed by atoms with E-state index in [1.165, 1.54) is 24.3 Å². The molecule has 0 aliphatic heterocycles. The molecule has 8 heteroatoms. The van der Waals surface area contributed by atoms with Crippen molar-refractivity contribution in [2.45, 2.75) is 71.2 Å². The normalized spacial score (nSPS) is 13.0. The van der Waals surface area contributed by atoms with Crippen LogP contribution in [0.2, 0.25) is 0 Å². The fourth-order valence-corrected chi connectivity index (χ4v) is 3.45. The number of hydrogen-bond donors (Lipinski definition) is 3. The van der Waals surface area contributed by atoms with Crippen LogP contribution in [0.15, 0.2) is 54.6 Å². The Morgan fingerprint density at radius 3 is 2.08 bits per heavy atom. The lowest BCUT2D eigenvalue weighted by Crippen LogP contribution is -2.53. The van der Waals surface area contributed by atoms with E-state index in [1.54, 1.807) is 20.8 Å². The molecule has 8 nitrogen and oxygen atoms in total. The van der Waals surface area contributed by atoms with Gasteiger partial charge >= 0.3 is 6.09 Å². The van der Waals surface area contributed by atoms with Gasteiger partial charge in [0.1, 0.15) is 23.4 Å². The third-order valence-electron chi connectivity index (χ3n) is 4.86. The van der Waals surface area contributed by atoms with Crippen LogP contribution in [0, 0.1) is 12.5 Å². The van der Waals surface area contributed by atoms with Crippen LogP contribution in [0.5, 0.6) is 5.75 Å². The van der Waals surface area contributed by atoms with Gasteiger partial charge < -0.3 is 20.5 Å². The minimum Gasteiger partial charge on any atom is -0.508 e. The highest BCUT2D eigenvalue weighted by atomic mass is 16.6. The minimum atomic E-state index is -1.21. The van der Waals surface area contributed by atoms with Crippen molar-refractivity contribution in [3.8, 4) is 18.2 Å². The van der Waals surface area contributed by atoms with Gasteiger partial charge in [0.25, 0.3) is 5.91 Å². The third kappa shape index (κ3) is 8.66. The summed E-state index contributed by atoms with van der Waals surface area (Å²) < 4.78 is 5.36. The van der Waals surface area contributed by atoms with Gasteiger partial charge in [-0.15, -0.1) is 0 Å². The quantitative estimate of drug-likeness (QED) is 0.401. The standard InChI is InChI=1S/C28H35N3O5/c1-8-31(23(24(33)30-27(2,3)4)20-14-16-21(32)17-15-20)25(34)22(18-19-12-10-9-11-13-19)29-26(35)36-28(5,6)7/h1,9-17,22-23,32H,18H2,2-7H3,(H,29,35)(H,30,33). The van der Waals surface area contributed by atoms with Crippen LogP contribution >= 0.6 is 0 Å². The van der Waals surface area contributed by atoms with E-state index in [1.807, 2.05) is 51.1 Å². The van der Waals surface area contributed by atoms with Gasteiger partial charge in [-0.3, -0.25) is 14.5 Å². The number of carbonyl (C=O) groups excluding carboxylic acids is 3. The zero-order chi connectivity index (χ0) is 27.1. The number of nitrogens with zero attached hydrogens (tertiary/aromatic N) is 1. The number of ether oxygens (including phenoxy) is 1. The molecule has 0 radical (unpaired) electrons. The first kappa shape index (κ1) is 28.2. The Hall–Kier alpha value is -3.99. The van der Waals surface area contributed by atoms with E-state index in [2.05, 4.69) is 16.7 Å². The summed E-state index contributed by atoms with van der Waals surface area (Å²) in [6.45, 7) is 10.6. The van der Waals surface area contributed by atoms with E-state index in [0.717, 1.165) is 10.5 Å². The number of benzene rings is 2. The fourth-order valence-electron chi connectivity index (χ4n) is 3.45. The summed E-state index contributed by atoms with van der Waals surface area (Å²) in [6, 6.07) is 15.0. The first-order valence-electron chi connectivity index (χ1n) is 11.6. The van der Waals surface area contributed by atoms with Crippen LogP contribution in [-0.2, 0) is 20.7 Å². The number of rotatable bonds is 7. The van der Waals surface area contributed by atoms with Crippen molar-refractivity contribution in [2.75, 3.05) is 0 Å². The first-order valence-corrected chi connectivity index (χ1v) is 11.6. The average molecular weight is 494 g/mol. The molecule has 3 N–H and O–H groups in total. The molecule has 2 unspecified atom stereocenters. The van der Waals surface area contributed by atoms with E-state index in [0.29, 0.717) is 5.56 Å². The number of hydrogen-bond acceptors (Lipinski definition) is 5. The van der Waals surface area contributed by atoms with Crippen LogP contribution < -0.4 is 10.6 Å². The summed E-state index contributed by atoms with van der Waals surface area (Å²) >= 11 is 0. The molecule has 0 aliphatic carbocycles. The molecule has 2 rings (SSSR count). The number of alkyl carbamates (subject to hydrolysis) is 1. The zero-order valence-electron chi connectivity index (χ0n) is 21.7. The van der Waals surface area contributed by atoms with E-state index in [9.17, 15) is 19.5 Å². The topological polar surface area (TPSA) is 108 Å². The van der Waals surface area contributed by atoms with Crippen LogP contribution in [-0.4, -0.2) is 45.1 Å². The SMILES string of the molecule is C#CN(C(=O)C(Cc1ccccc1)NC(=O)OC(C)(C)C)C(C(=O)NC(C)(C)C)c1ccc(O)cc1. The Kier molecular flexibility index (Phi) is 9.12. The van der Waals surface area contributed by atoms with Crippen molar-refractivity contribution in [3.05, 3.63) is 65.7 Å². The number of phenolic OH excluding ortho intramolecular Hbond substituents is 1. The molecule has 0 spiro atoms. The molecule has 0 bridgehead atoms. The molecule has 0 aliphatic rings. The van der Waals surface area contributed by atoms with Crippen LogP contribution in [0.1, 0.15) is 58.7 Å². The second kappa shape index (κ2) is 11.6. The van der Waals surface area contributed by atoms with E-state index < -0.39 is 41.1 Å². The Balaban J connectivity index is 2.48. The molecular weight excluding hydrogens is 458 g/mol. The van der Waals surface area contributed by atoms with Crippen LogP contribution in [0.4, 0.5) is 4.79 Å². The lowest BCUT2D eigenvalue weighted by Gasteiger charge is -2.32. The summed E-state index contributed by atoms with van der Waals surface area (Å²) in [7, 11) is 0. The first-order chi connectivity index (χ1) is 16.7. The average Bonchev–Trinajstić information content (AvgIpc) is 2.75. The zero-order valence-corrected chi connectivity index (χ0v) is 21.7. The number of amides is 3. The molecule has 192 valence electrons. The molecule has 0 saturated heterocycles. The lowest BCUT2D eigenvalue weighted by molar-refractivity contribution is -0.139. The largest absolute Gasteiger partial charge is 0.508 e. The maximum Gasteiger partial charge on any atom is 0.408 e. The lowest BCUT2D eigenvalue weighted by atomic mass is 9.99. The molecule has 2 aromatic carbocycles. The molecule has 2 atom stereocenters. The molecule has 2 aromatic rings. The summed E-state index contributed by atoms with van der Waals surface area (Å²) in [5.41, 5.74) is -0.202. The number of carbonyl (C=O) groups is 3. The second-order valence-electron chi connectivity index (χ2n) is 10.5. The Morgan fingerprint density at radius 1 is 1.00 bits per heavy atom. The summed E-state index contributed by atoms with van der Waals surface area (Å²) in [6.07, 6.45) is 5.13. The Morgan fingerprint density at radius 2 is 1.58 bits per heavy atom. The Labute approximate surface area is 213 Å². The highest BCUT2D eigenvalue weighted by Gasteiger charge is 2.37. The molecule has 0 fully saturated rings. The maximum atomic E-state index is 13.8. The van der Waals surface area contributed by atoms with Crippen molar-refractivity contribution in [3.63, 3.8) is 0 Å². The smallest absolute Gasteiger partial charge is 0.408 e. The van der Waals surface area contributed by atoms with Crippen molar-refractivity contribution in [2.24, 2.45) is 0 Å². The van der Waals surface area contributed by atoms with E-state index in [4.69, 9.17) is 11.2 Å². The predicted molar refractivity (Wildman–Crippen MR) is 138 cm³/mol. The van der Waals surface area contributed by atoms with Crippen molar-refractivity contribution in [1.82, 2.24) is 15.5 Å². The Bertz CT molecular complexity index is 1090. The van der Waals surface area contributed by atoms with Crippen LogP contribution in [0.3, 0.4) is 0 Å². The van der Waals surface area contributed by atoms with Gasteiger partial charge in [-0.05, 0) is 64.8 Å². The number of terminal acetylenes is 1. The van der Waals surface area contributed by atoms with Gasteiger partial charge in [-0.2, -0.15) is 0 Å². The van der Waals surface area contributed by atoms with Gasteiger partial charge in [-0.1, -0.05) is 48.9 Å². The molecule has 0 aromatic heterocycles. The van der Waals surface area contributed by atoms with Gasteiger partial charge in [0.2, 0.25) is 5.91 Å². The van der Waals surface area contributed by atoms with Crippen molar-refractivity contribution in [1.29, 1.82) is 0 Å². The van der Waals surface area contributed by atoms with E-state index in [-0.39, 0.29) is 12.2 Å². The van der Waals surface area contributed by atoms with Gasteiger partial charge in [0.05, 0.1) is 0 Å². The number of aromatic hydroxyl groups is 1. The fraction of sp³-hybridized carbons (Fsp3) is 0.393. The second-order valence-corrected chi connectivity index (χ2v) is 10.5. The minimum absolute atomic E-state index is 0.000797.